The van der Waals surface area contributed by atoms with Gasteiger partial charge in [0.05, 0.1) is 25.4 Å². The summed E-state index contributed by atoms with van der Waals surface area (Å²) in [4.78, 5) is 12.9. The van der Waals surface area contributed by atoms with Crippen LogP contribution in [0.3, 0.4) is 0 Å². The Bertz CT molecular complexity index is 1080. The largest absolute Gasteiger partial charge is 0.394 e. The Hall–Kier alpha value is -1.59. The van der Waals surface area contributed by atoms with Crippen LogP contribution in [0.25, 0.3) is 0 Å². The molecule has 9 nitrogen and oxygen atoms in total. The van der Waals surface area contributed by atoms with Crippen LogP contribution in [0.1, 0.15) is 245 Å². The first-order valence-corrected chi connectivity index (χ1v) is 26.7. The number of aliphatic hydroxyl groups is 5. The van der Waals surface area contributed by atoms with Crippen LogP contribution in [0, 0.1) is 0 Å². The van der Waals surface area contributed by atoms with Crippen LogP contribution in [0.15, 0.2) is 36.5 Å². The highest BCUT2D eigenvalue weighted by molar-refractivity contribution is 5.76. The van der Waals surface area contributed by atoms with Gasteiger partial charge in [-0.3, -0.25) is 4.79 Å². The lowest BCUT2D eigenvalue weighted by Crippen LogP contribution is -2.60. The fourth-order valence-electron chi connectivity index (χ4n) is 8.46. The second kappa shape index (κ2) is 44.3. The van der Waals surface area contributed by atoms with Crippen LogP contribution in [-0.2, 0) is 14.3 Å². The van der Waals surface area contributed by atoms with Crippen molar-refractivity contribution in [2.24, 2.45) is 0 Å². The lowest BCUT2D eigenvalue weighted by Gasteiger charge is -2.40. The van der Waals surface area contributed by atoms with Crippen molar-refractivity contribution in [1.29, 1.82) is 0 Å². The number of amides is 1. The molecule has 0 aromatic heterocycles. The third kappa shape index (κ3) is 34.4. The summed E-state index contributed by atoms with van der Waals surface area (Å²) in [6.07, 6.45) is 49.3. The van der Waals surface area contributed by atoms with E-state index in [1.165, 1.54) is 167 Å². The number of ether oxygens (including phenoxy) is 2. The van der Waals surface area contributed by atoms with Crippen molar-refractivity contribution >= 4 is 5.91 Å². The minimum absolute atomic E-state index is 0.137. The Balaban J connectivity index is 2.04. The standard InChI is InChI=1S/C54H101NO8/c1-3-5-7-9-11-12-13-14-15-16-17-18-19-20-21-22-23-24-25-26-27-28-29-30-31-32-33-34-35-36-38-40-42-44-50(58)55-47(48(57)43-41-39-37-10-8-6-4-2)46-62-54-53(61)52(60)51(59)49(45-56)63-54/h13-14,16-17,19-20,47-49,51-54,56-57,59-61H,3-12,15,18,21-46H2,1-2H3,(H,55,58)/b14-13-,17-16-,20-19-. The van der Waals surface area contributed by atoms with Crippen molar-refractivity contribution in [3.63, 3.8) is 0 Å². The third-order valence-electron chi connectivity index (χ3n) is 12.7. The molecule has 0 bridgehead atoms. The van der Waals surface area contributed by atoms with Crippen LogP contribution in [0.5, 0.6) is 0 Å². The Morgan fingerprint density at radius 1 is 0.540 bits per heavy atom. The molecular weight excluding hydrogens is 791 g/mol. The minimum atomic E-state index is -1.55. The van der Waals surface area contributed by atoms with E-state index in [1.807, 2.05) is 0 Å². The molecule has 0 radical (unpaired) electrons. The van der Waals surface area contributed by atoms with Gasteiger partial charge in [0.25, 0.3) is 0 Å². The van der Waals surface area contributed by atoms with E-state index in [4.69, 9.17) is 9.47 Å². The highest BCUT2D eigenvalue weighted by Crippen LogP contribution is 2.23. The highest BCUT2D eigenvalue weighted by atomic mass is 16.7. The van der Waals surface area contributed by atoms with Crippen LogP contribution >= 0.6 is 0 Å². The lowest BCUT2D eigenvalue weighted by atomic mass is 9.99. The number of allylic oxidation sites excluding steroid dienone is 6. The molecule has 370 valence electrons. The van der Waals surface area contributed by atoms with E-state index in [2.05, 4.69) is 55.6 Å². The van der Waals surface area contributed by atoms with Gasteiger partial charge in [-0.25, -0.2) is 0 Å². The van der Waals surface area contributed by atoms with Crippen LogP contribution in [-0.4, -0.2) is 87.5 Å². The van der Waals surface area contributed by atoms with Gasteiger partial charge >= 0.3 is 0 Å². The summed E-state index contributed by atoms with van der Waals surface area (Å²) in [6, 6.07) is -0.714. The van der Waals surface area contributed by atoms with E-state index in [0.29, 0.717) is 12.8 Å². The van der Waals surface area contributed by atoms with Gasteiger partial charge in [0, 0.05) is 6.42 Å². The molecule has 0 aromatic carbocycles. The first kappa shape index (κ1) is 59.4. The number of rotatable bonds is 45. The molecule has 1 heterocycles. The zero-order valence-corrected chi connectivity index (χ0v) is 40.8. The molecule has 1 fully saturated rings. The molecule has 63 heavy (non-hydrogen) atoms. The third-order valence-corrected chi connectivity index (χ3v) is 12.7. The number of hydrogen-bond acceptors (Lipinski definition) is 8. The summed E-state index contributed by atoms with van der Waals surface area (Å²) in [5.41, 5.74) is 0. The lowest BCUT2D eigenvalue weighted by molar-refractivity contribution is -0.302. The van der Waals surface area contributed by atoms with E-state index in [-0.39, 0.29) is 12.5 Å². The molecule has 1 aliphatic rings. The number of nitrogens with one attached hydrogen (secondary N) is 1. The van der Waals surface area contributed by atoms with Gasteiger partial charge in [0.15, 0.2) is 6.29 Å². The molecule has 1 aliphatic heterocycles. The summed E-state index contributed by atoms with van der Waals surface area (Å²) in [6.45, 7) is 3.78. The number of unbranched alkanes of at least 4 members (excludes halogenated alkanes) is 29. The maximum absolute atomic E-state index is 12.9. The van der Waals surface area contributed by atoms with E-state index < -0.39 is 49.5 Å². The van der Waals surface area contributed by atoms with Crippen molar-refractivity contribution < 1.29 is 39.8 Å². The van der Waals surface area contributed by atoms with Crippen molar-refractivity contribution in [2.75, 3.05) is 13.2 Å². The van der Waals surface area contributed by atoms with E-state index in [0.717, 1.165) is 51.4 Å². The van der Waals surface area contributed by atoms with Crippen molar-refractivity contribution in [1.82, 2.24) is 5.32 Å². The second-order valence-electron chi connectivity index (χ2n) is 18.7. The molecule has 1 rings (SSSR count). The number of carbonyl (C=O) groups is 1. The van der Waals surface area contributed by atoms with Gasteiger partial charge < -0.3 is 40.3 Å². The smallest absolute Gasteiger partial charge is 0.220 e. The predicted octanol–water partition coefficient (Wildman–Crippen LogP) is 12.4. The average Bonchev–Trinajstić information content (AvgIpc) is 3.28. The minimum Gasteiger partial charge on any atom is -0.394 e. The fourth-order valence-corrected chi connectivity index (χ4v) is 8.46. The predicted molar refractivity (Wildman–Crippen MR) is 263 cm³/mol. The average molecular weight is 892 g/mol. The SMILES string of the molecule is CCCCCCC/C=C\C/C=C\C/C=C\CCCCCCCCCCCCCCCCCCCCC(=O)NC(COC1OC(CO)C(O)C(O)C1O)C(O)CCCCCCCCC. The summed E-state index contributed by atoms with van der Waals surface area (Å²) >= 11 is 0. The molecule has 1 amide bonds. The molecule has 9 heteroatoms. The van der Waals surface area contributed by atoms with Gasteiger partial charge in [-0.1, -0.05) is 224 Å². The summed E-state index contributed by atoms with van der Waals surface area (Å²) in [7, 11) is 0. The van der Waals surface area contributed by atoms with Crippen molar-refractivity contribution in [3.05, 3.63) is 36.5 Å². The summed E-state index contributed by atoms with van der Waals surface area (Å²) in [5, 5.41) is 54.2. The maximum Gasteiger partial charge on any atom is 0.220 e. The maximum atomic E-state index is 12.9. The Morgan fingerprint density at radius 3 is 1.38 bits per heavy atom. The number of carbonyl (C=O) groups excluding carboxylic acids is 1. The number of hydrogen-bond donors (Lipinski definition) is 6. The normalized spacial score (nSPS) is 20.4. The van der Waals surface area contributed by atoms with Crippen LogP contribution < -0.4 is 5.32 Å². The molecule has 1 saturated heterocycles. The van der Waals surface area contributed by atoms with Gasteiger partial charge in [-0.2, -0.15) is 0 Å². The van der Waals surface area contributed by atoms with Gasteiger partial charge in [-0.05, 0) is 51.4 Å². The van der Waals surface area contributed by atoms with Gasteiger partial charge in [0.1, 0.15) is 24.4 Å². The monoisotopic (exact) mass is 892 g/mol. The first-order valence-electron chi connectivity index (χ1n) is 26.7. The topological polar surface area (TPSA) is 149 Å². The second-order valence-corrected chi connectivity index (χ2v) is 18.7. The Labute approximate surface area is 387 Å². The highest BCUT2D eigenvalue weighted by Gasteiger charge is 2.44. The van der Waals surface area contributed by atoms with Crippen LogP contribution in [0.4, 0.5) is 0 Å². The van der Waals surface area contributed by atoms with Gasteiger partial charge in [0.2, 0.25) is 5.91 Å². The Kier molecular flexibility index (Phi) is 41.7. The van der Waals surface area contributed by atoms with Crippen molar-refractivity contribution in [2.45, 2.75) is 288 Å². The molecule has 7 unspecified atom stereocenters. The zero-order valence-electron chi connectivity index (χ0n) is 40.8. The van der Waals surface area contributed by atoms with Crippen molar-refractivity contribution in [3.8, 4) is 0 Å². The summed E-state index contributed by atoms with van der Waals surface area (Å²) in [5.74, 6) is -0.147. The number of aliphatic hydroxyl groups excluding tert-OH is 5. The molecule has 6 N–H and O–H groups in total. The first-order chi connectivity index (χ1) is 30.8. The van der Waals surface area contributed by atoms with Crippen LogP contribution in [0.2, 0.25) is 0 Å². The molecular formula is C54H101NO8. The molecule has 7 atom stereocenters. The van der Waals surface area contributed by atoms with E-state index in [1.54, 1.807) is 0 Å². The molecule has 0 spiro atoms. The fraction of sp³-hybridized carbons (Fsp3) is 0.870. The molecule has 0 saturated carbocycles. The summed E-state index contributed by atoms with van der Waals surface area (Å²) < 4.78 is 11.2. The van der Waals surface area contributed by atoms with Gasteiger partial charge in [-0.15, -0.1) is 0 Å². The van der Waals surface area contributed by atoms with E-state index in [9.17, 15) is 30.3 Å². The Morgan fingerprint density at radius 2 is 0.937 bits per heavy atom. The molecule has 0 aromatic rings. The van der Waals surface area contributed by atoms with E-state index >= 15 is 0 Å². The zero-order chi connectivity index (χ0) is 45.9. The quantitative estimate of drug-likeness (QED) is 0.0261. The molecule has 0 aliphatic carbocycles.